The van der Waals surface area contributed by atoms with Crippen LogP contribution in [0.1, 0.15) is 20.8 Å². The molecular formula is C11H20N2O5. The molecule has 0 fully saturated rings. The third-order valence-corrected chi connectivity index (χ3v) is 2.44. The molecule has 0 spiro atoms. The van der Waals surface area contributed by atoms with Gasteiger partial charge in [0.25, 0.3) is 0 Å². The fourth-order valence-electron chi connectivity index (χ4n) is 1.27. The number of hydrogen-bond donors (Lipinski definition) is 3. The Morgan fingerprint density at radius 2 is 1.89 bits per heavy atom. The first-order valence-corrected chi connectivity index (χ1v) is 5.74. The van der Waals surface area contributed by atoms with Crippen LogP contribution in [0.25, 0.3) is 0 Å². The molecule has 0 aromatic rings. The number of carboxylic acids is 1. The number of esters is 1. The lowest BCUT2D eigenvalue weighted by Gasteiger charge is -2.18. The molecule has 0 bridgehead atoms. The number of rotatable bonds is 7. The van der Waals surface area contributed by atoms with Crippen molar-refractivity contribution >= 4 is 17.8 Å². The minimum Gasteiger partial charge on any atom is -0.481 e. The maximum atomic E-state index is 11.5. The van der Waals surface area contributed by atoms with Gasteiger partial charge in [-0.3, -0.25) is 9.59 Å². The van der Waals surface area contributed by atoms with Crippen LogP contribution in [0, 0.1) is 11.8 Å². The zero-order chi connectivity index (χ0) is 14.3. The largest absolute Gasteiger partial charge is 0.481 e. The summed E-state index contributed by atoms with van der Waals surface area (Å²) in [7, 11) is 0. The number of carbonyl (C=O) groups excluding carboxylic acids is 2. The molecule has 0 aromatic carbocycles. The second kappa shape index (κ2) is 7.65. The van der Waals surface area contributed by atoms with Crippen LogP contribution < -0.4 is 11.1 Å². The van der Waals surface area contributed by atoms with Crippen molar-refractivity contribution < 1.29 is 24.2 Å². The molecule has 0 aromatic heterocycles. The topological polar surface area (TPSA) is 119 Å². The highest BCUT2D eigenvalue weighted by Crippen LogP contribution is 2.09. The fraction of sp³-hybridized carbons (Fsp3) is 0.727. The maximum Gasteiger partial charge on any atom is 0.332 e. The van der Waals surface area contributed by atoms with E-state index in [9.17, 15) is 14.4 Å². The summed E-state index contributed by atoms with van der Waals surface area (Å²) in [6.07, 6.45) is 0. The normalized spacial score (nSPS) is 13.8. The van der Waals surface area contributed by atoms with E-state index >= 15 is 0 Å². The molecule has 0 aliphatic carbocycles. The van der Waals surface area contributed by atoms with E-state index in [-0.39, 0.29) is 19.1 Å². The minimum absolute atomic E-state index is 0.0705. The Bertz CT molecular complexity index is 317. The Balaban J connectivity index is 4.32. The second-order valence-corrected chi connectivity index (χ2v) is 4.16. The molecule has 0 radical (unpaired) electrons. The van der Waals surface area contributed by atoms with Gasteiger partial charge in [-0.05, 0) is 12.8 Å². The summed E-state index contributed by atoms with van der Waals surface area (Å²) in [6, 6.07) is -1.42. The predicted molar refractivity (Wildman–Crippen MR) is 63.6 cm³/mol. The molecule has 7 heteroatoms. The SMILES string of the molecule is CCOC(=O)C(N)C(=O)NCC(C(=O)O)C(C)C. The van der Waals surface area contributed by atoms with Gasteiger partial charge in [0.1, 0.15) is 0 Å². The van der Waals surface area contributed by atoms with Gasteiger partial charge in [-0.25, -0.2) is 4.79 Å². The van der Waals surface area contributed by atoms with Crippen LogP contribution in [-0.4, -0.2) is 42.1 Å². The summed E-state index contributed by atoms with van der Waals surface area (Å²) in [5.41, 5.74) is 5.35. The molecule has 0 saturated carbocycles. The van der Waals surface area contributed by atoms with Gasteiger partial charge in [0.05, 0.1) is 12.5 Å². The quantitative estimate of drug-likeness (QED) is 0.413. The Hall–Kier alpha value is -1.63. The Labute approximate surface area is 106 Å². The van der Waals surface area contributed by atoms with Crippen LogP contribution in [0.2, 0.25) is 0 Å². The minimum atomic E-state index is -1.42. The van der Waals surface area contributed by atoms with E-state index in [2.05, 4.69) is 10.1 Å². The standard InChI is InChI=1S/C11H20N2O5/c1-4-18-11(17)8(12)9(14)13-5-7(6(2)3)10(15)16/h6-8H,4-5,12H2,1-3H3,(H,13,14)(H,15,16). The smallest absolute Gasteiger partial charge is 0.332 e. The zero-order valence-electron chi connectivity index (χ0n) is 10.8. The van der Waals surface area contributed by atoms with E-state index < -0.39 is 29.8 Å². The van der Waals surface area contributed by atoms with Crippen LogP contribution in [0.4, 0.5) is 0 Å². The van der Waals surface area contributed by atoms with Gasteiger partial charge in [-0.15, -0.1) is 0 Å². The van der Waals surface area contributed by atoms with Gasteiger partial charge in [0.15, 0.2) is 6.04 Å². The summed E-state index contributed by atoms with van der Waals surface area (Å²) in [5, 5.41) is 11.3. The molecule has 104 valence electrons. The number of aliphatic carboxylic acids is 1. The molecule has 2 atom stereocenters. The molecule has 0 heterocycles. The van der Waals surface area contributed by atoms with Gasteiger partial charge in [0.2, 0.25) is 5.91 Å². The number of hydrogen-bond acceptors (Lipinski definition) is 5. The highest BCUT2D eigenvalue weighted by atomic mass is 16.5. The van der Waals surface area contributed by atoms with E-state index in [1.165, 1.54) is 0 Å². The van der Waals surface area contributed by atoms with Crippen LogP contribution in [0.5, 0.6) is 0 Å². The molecule has 4 N–H and O–H groups in total. The van der Waals surface area contributed by atoms with Crippen LogP contribution in [0.15, 0.2) is 0 Å². The first-order chi connectivity index (χ1) is 8.31. The van der Waals surface area contributed by atoms with Crippen molar-refractivity contribution in [3.05, 3.63) is 0 Å². The average Bonchev–Trinajstić information content (AvgIpc) is 2.27. The number of carbonyl (C=O) groups is 3. The van der Waals surface area contributed by atoms with E-state index in [1.54, 1.807) is 20.8 Å². The van der Waals surface area contributed by atoms with Crippen molar-refractivity contribution in [1.29, 1.82) is 0 Å². The maximum absolute atomic E-state index is 11.5. The van der Waals surface area contributed by atoms with E-state index in [0.29, 0.717) is 0 Å². The number of nitrogens with two attached hydrogens (primary N) is 1. The lowest BCUT2D eigenvalue weighted by molar-refractivity contribution is -0.148. The average molecular weight is 260 g/mol. The summed E-state index contributed by atoms with van der Waals surface area (Å²) < 4.78 is 4.59. The number of amides is 1. The predicted octanol–water partition coefficient (Wildman–Crippen LogP) is -0.650. The van der Waals surface area contributed by atoms with Crippen molar-refractivity contribution in [1.82, 2.24) is 5.32 Å². The molecule has 0 rings (SSSR count). The molecule has 0 aliphatic rings. The molecule has 1 amide bonds. The fourth-order valence-corrected chi connectivity index (χ4v) is 1.27. The monoisotopic (exact) mass is 260 g/mol. The van der Waals surface area contributed by atoms with Crippen LogP contribution in [-0.2, 0) is 19.1 Å². The molecular weight excluding hydrogens is 240 g/mol. The van der Waals surface area contributed by atoms with Crippen molar-refractivity contribution in [2.75, 3.05) is 13.2 Å². The van der Waals surface area contributed by atoms with E-state index in [1.807, 2.05) is 0 Å². The first kappa shape index (κ1) is 16.4. The van der Waals surface area contributed by atoms with E-state index in [0.717, 1.165) is 0 Å². The lowest BCUT2D eigenvalue weighted by Crippen LogP contribution is -2.49. The van der Waals surface area contributed by atoms with Crippen LogP contribution in [0.3, 0.4) is 0 Å². The van der Waals surface area contributed by atoms with Gasteiger partial charge >= 0.3 is 11.9 Å². The molecule has 2 unspecified atom stereocenters. The third kappa shape index (κ3) is 5.13. The molecule has 0 saturated heterocycles. The van der Waals surface area contributed by atoms with Gasteiger partial charge in [-0.1, -0.05) is 13.8 Å². The van der Waals surface area contributed by atoms with Crippen molar-refractivity contribution in [3.63, 3.8) is 0 Å². The van der Waals surface area contributed by atoms with Gasteiger partial charge < -0.3 is 20.9 Å². The van der Waals surface area contributed by atoms with Gasteiger partial charge in [0, 0.05) is 6.54 Å². The Kier molecular flexibility index (Phi) is 6.96. The summed E-state index contributed by atoms with van der Waals surface area (Å²) >= 11 is 0. The number of ether oxygens (including phenoxy) is 1. The third-order valence-electron chi connectivity index (χ3n) is 2.44. The van der Waals surface area contributed by atoms with E-state index in [4.69, 9.17) is 10.8 Å². The Morgan fingerprint density at radius 1 is 1.33 bits per heavy atom. The zero-order valence-corrected chi connectivity index (χ0v) is 10.8. The van der Waals surface area contributed by atoms with Crippen molar-refractivity contribution in [2.24, 2.45) is 17.6 Å². The molecule has 0 aliphatic heterocycles. The molecule has 7 nitrogen and oxygen atoms in total. The summed E-state index contributed by atoms with van der Waals surface area (Å²) in [6.45, 7) is 5.12. The van der Waals surface area contributed by atoms with Crippen LogP contribution >= 0.6 is 0 Å². The summed E-state index contributed by atoms with van der Waals surface area (Å²) in [4.78, 5) is 33.5. The molecule has 18 heavy (non-hydrogen) atoms. The Morgan fingerprint density at radius 3 is 2.28 bits per heavy atom. The van der Waals surface area contributed by atoms with Crippen molar-refractivity contribution in [2.45, 2.75) is 26.8 Å². The lowest BCUT2D eigenvalue weighted by atomic mass is 9.96. The highest BCUT2D eigenvalue weighted by molar-refractivity contribution is 6.01. The first-order valence-electron chi connectivity index (χ1n) is 5.74. The van der Waals surface area contributed by atoms with Gasteiger partial charge in [-0.2, -0.15) is 0 Å². The van der Waals surface area contributed by atoms with Crippen molar-refractivity contribution in [3.8, 4) is 0 Å². The number of carboxylic acid groups (broad SMARTS) is 1. The second-order valence-electron chi connectivity index (χ2n) is 4.16. The number of nitrogens with one attached hydrogen (secondary N) is 1. The highest BCUT2D eigenvalue weighted by Gasteiger charge is 2.26. The summed E-state index contributed by atoms with van der Waals surface area (Å²) in [5.74, 6) is -3.42.